The maximum atomic E-state index is 11.7. The van der Waals surface area contributed by atoms with Crippen LogP contribution in [-0.2, 0) is 11.2 Å². The van der Waals surface area contributed by atoms with Crippen LogP contribution in [0.1, 0.15) is 5.56 Å². The summed E-state index contributed by atoms with van der Waals surface area (Å²) in [6, 6.07) is 15.5. The number of hydrogen-bond acceptors (Lipinski definition) is 5. The fourth-order valence-electron chi connectivity index (χ4n) is 2.65. The highest BCUT2D eigenvalue weighted by atomic mass is 16.6. The molecule has 0 aliphatic rings. The number of imidazole rings is 1. The van der Waals surface area contributed by atoms with E-state index in [1.54, 1.807) is 44.6 Å². The minimum absolute atomic E-state index is 0.235. The largest absolute Gasteiger partial charge is 0.480 e. The number of aromatic nitrogens is 2. The lowest BCUT2D eigenvalue weighted by molar-refractivity contribution is -0.137. The van der Waals surface area contributed by atoms with Crippen LogP contribution in [0.25, 0.3) is 11.3 Å². The summed E-state index contributed by atoms with van der Waals surface area (Å²) >= 11 is 0. The highest BCUT2D eigenvalue weighted by Gasteiger charge is 2.19. The Bertz CT molecular complexity index is 968. The quantitative estimate of drug-likeness (QED) is 0.568. The third-order valence-corrected chi connectivity index (χ3v) is 4.20. The van der Waals surface area contributed by atoms with Crippen LogP contribution in [0.15, 0.2) is 60.8 Å². The van der Waals surface area contributed by atoms with Gasteiger partial charge in [0.15, 0.2) is 0 Å². The molecule has 3 aromatic rings. The summed E-state index contributed by atoms with van der Waals surface area (Å²) < 4.78 is 5.16. The normalized spacial score (nSPS) is 11.5. The minimum Gasteiger partial charge on any atom is -0.480 e. The van der Waals surface area contributed by atoms with Gasteiger partial charge in [0.05, 0.1) is 11.9 Å². The second kappa shape index (κ2) is 8.92. The number of amides is 1. The van der Waals surface area contributed by atoms with Gasteiger partial charge in [-0.2, -0.15) is 0 Å². The smallest absolute Gasteiger partial charge is 0.414 e. The third kappa shape index (κ3) is 5.35. The van der Waals surface area contributed by atoms with E-state index in [1.165, 1.54) is 4.90 Å². The summed E-state index contributed by atoms with van der Waals surface area (Å²) in [6.45, 7) is 0. The molecule has 0 spiro atoms. The Morgan fingerprint density at radius 3 is 2.45 bits per heavy atom. The van der Waals surface area contributed by atoms with E-state index >= 15 is 0 Å². The van der Waals surface area contributed by atoms with Crippen LogP contribution in [0.5, 0.6) is 5.75 Å². The van der Waals surface area contributed by atoms with Crippen molar-refractivity contribution in [1.29, 1.82) is 0 Å². The SMILES string of the molecule is CN(C)C(=O)Oc1ccc(C[C@H](Nc2ncc(-c3ccccc3)[nH]2)C(=O)O)cc1. The molecule has 8 nitrogen and oxygen atoms in total. The average molecular weight is 394 g/mol. The molecule has 0 aliphatic carbocycles. The van der Waals surface area contributed by atoms with Crippen molar-refractivity contribution >= 4 is 18.0 Å². The Kier molecular flexibility index (Phi) is 6.13. The molecule has 1 aromatic heterocycles. The molecule has 0 unspecified atom stereocenters. The topological polar surface area (TPSA) is 108 Å². The number of anilines is 1. The van der Waals surface area contributed by atoms with Gasteiger partial charge in [0.2, 0.25) is 5.95 Å². The number of benzene rings is 2. The lowest BCUT2D eigenvalue weighted by atomic mass is 10.1. The first-order chi connectivity index (χ1) is 13.9. The van der Waals surface area contributed by atoms with E-state index in [-0.39, 0.29) is 6.42 Å². The molecule has 0 radical (unpaired) electrons. The molecule has 0 saturated carbocycles. The molecule has 29 heavy (non-hydrogen) atoms. The summed E-state index contributed by atoms with van der Waals surface area (Å²) in [4.78, 5) is 31.9. The fraction of sp³-hybridized carbons (Fsp3) is 0.190. The number of carboxylic acid groups (broad SMARTS) is 1. The number of nitrogens with zero attached hydrogens (tertiary/aromatic N) is 2. The molecule has 1 amide bonds. The van der Waals surface area contributed by atoms with Gasteiger partial charge in [-0.25, -0.2) is 14.6 Å². The van der Waals surface area contributed by atoms with Crippen LogP contribution in [0, 0.1) is 0 Å². The number of ether oxygens (including phenoxy) is 1. The highest BCUT2D eigenvalue weighted by Crippen LogP contribution is 2.19. The van der Waals surface area contributed by atoms with Crippen LogP contribution >= 0.6 is 0 Å². The molecular formula is C21H22N4O4. The van der Waals surface area contributed by atoms with Gasteiger partial charge in [0.25, 0.3) is 0 Å². The van der Waals surface area contributed by atoms with Crippen LogP contribution in [-0.4, -0.2) is 52.2 Å². The van der Waals surface area contributed by atoms with Crippen molar-refractivity contribution in [2.75, 3.05) is 19.4 Å². The predicted octanol–water partition coefficient (Wildman–Crippen LogP) is 3.24. The van der Waals surface area contributed by atoms with Crippen molar-refractivity contribution in [3.8, 4) is 17.0 Å². The van der Waals surface area contributed by atoms with Crippen LogP contribution in [0.2, 0.25) is 0 Å². The number of aromatic amines is 1. The van der Waals surface area contributed by atoms with Gasteiger partial charge in [-0.15, -0.1) is 0 Å². The molecule has 0 aliphatic heterocycles. The zero-order valence-corrected chi connectivity index (χ0v) is 16.1. The molecule has 150 valence electrons. The number of rotatable bonds is 7. The van der Waals surface area contributed by atoms with Crippen molar-refractivity contribution in [1.82, 2.24) is 14.9 Å². The Morgan fingerprint density at radius 2 is 1.83 bits per heavy atom. The molecule has 3 N–H and O–H groups in total. The van der Waals surface area contributed by atoms with E-state index in [4.69, 9.17) is 4.74 Å². The molecule has 0 saturated heterocycles. The van der Waals surface area contributed by atoms with Gasteiger partial charge in [-0.1, -0.05) is 42.5 Å². The van der Waals surface area contributed by atoms with Gasteiger partial charge < -0.3 is 25.0 Å². The number of aliphatic carboxylic acids is 1. The van der Waals surface area contributed by atoms with E-state index in [1.807, 2.05) is 30.3 Å². The number of H-pyrrole nitrogens is 1. The monoisotopic (exact) mass is 394 g/mol. The third-order valence-electron chi connectivity index (χ3n) is 4.20. The van der Waals surface area contributed by atoms with Gasteiger partial charge >= 0.3 is 12.1 Å². The Balaban J connectivity index is 1.66. The summed E-state index contributed by atoms with van der Waals surface area (Å²) in [5, 5.41) is 12.5. The molecule has 3 rings (SSSR count). The van der Waals surface area contributed by atoms with Gasteiger partial charge in [-0.3, -0.25) is 0 Å². The van der Waals surface area contributed by atoms with E-state index in [9.17, 15) is 14.7 Å². The van der Waals surface area contributed by atoms with Crippen LogP contribution in [0.3, 0.4) is 0 Å². The van der Waals surface area contributed by atoms with Gasteiger partial charge in [0, 0.05) is 20.5 Å². The van der Waals surface area contributed by atoms with Crippen LogP contribution in [0.4, 0.5) is 10.7 Å². The Labute approximate surface area is 168 Å². The van der Waals surface area contributed by atoms with Gasteiger partial charge in [0.1, 0.15) is 11.8 Å². The van der Waals surface area contributed by atoms with Crippen molar-refractivity contribution in [3.63, 3.8) is 0 Å². The molecule has 2 aromatic carbocycles. The zero-order valence-electron chi connectivity index (χ0n) is 16.1. The number of carbonyl (C=O) groups is 2. The maximum Gasteiger partial charge on any atom is 0.414 e. The molecule has 8 heteroatoms. The summed E-state index contributed by atoms with van der Waals surface area (Å²) in [5.41, 5.74) is 2.54. The Hall–Kier alpha value is -3.81. The molecule has 0 bridgehead atoms. The van der Waals surface area contributed by atoms with Crippen molar-refractivity contribution in [2.45, 2.75) is 12.5 Å². The summed E-state index contributed by atoms with van der Waals surface area (Å²) in [7, 11) is 3.19. The second-order valence-corrected chi connectivity index (χ2v) is 6.66. The first-order valence-corrected chi connectivity index (χ1v) is 9.00. The van der Waals surface area contributed by atoms with Crippen molar-refractivity contribution in [3.05, 3.63) is 66.4 Å². The van der Waals surface area contributed by atoms with Crippen molar-refractivity contribution in [2.24, 2.45) is 0 Å². The zero-order chi connectivity index (χ0) is 20.8. The van der Waals surface area contributed by atoms with E-state index < -0.39 is 18.1 Å². The Morgan fingerprint density at radius 1 is 1.14 bits per heavy atom. The molecular weight excluding hydrogens is 372 g/mol. The summed E-state index contributed by atoms with van der Waals surface area (Å²) in [6.07, 6.45) is 1.41. The lowest BCUT2D eigenvalue weighted by Gasteiger charge is -2.14. The second-order valence-electron chi connectivity index (χ2n) is 6.66. The van der Waals surface area contributed by atoms with Gasteiger partial charge in [-0.05, 0) is 23.3 Å². The number of carboxylic acids is 1. The van der Waals surface area contributed by atoms with E-state index in [0.29, 0.717) is 11.7 Å². The van der Waals surface area contributed by atoms with Crippen molar-refractivity contribution < 1.29 is 19.4 Å². The lowest BCUT2D eigenvalue weighted by Crippen LogP contribution is -2.32. The summed E-state index contributed by atoms with van der Waals surface area (Å²) in [5.74, 6) is -0.218. The standard InChI is InChI=1S/C21H22N4O4/c1-25(2)21(28)29-16-10-8-14(9-11-16)12-17(19(26)27)23-20-22-13-18(24-20)15-6-4-3-5-7-15/h3-11,13,17H,12H2,1-2H3,(H,26,27)(H2,22,23,24)/t17-/m0/s1. The average Bonchev–Trinajstić information content (AvgIpc) is 3.18. The highest BCUT2D eigenvalue weighted by molar-refractivity contribution is 5.77. The fourth-order valence-corrected chi connectivity index (χ4v) is 2.65. The molecule has 1 atom stereocenters. The predicted molar refractivity (Wildman–Crippen MR) is 109 cm³/mol. The maximum absolute atomic E-state index is 11.7. The number of carbonyl (C=O) groups excluding carboxylic acids is 1. The van der Waals surface area contributed by atoms with E-state index in [2.05, 4.69) is 15.3 Å². The first kappa shape index (κ1) is 19.9. The first-order valence-electron chi connectivity index (χ1n) is 9.00. The number of hydrogen-bond donors (Lipinski definition) is 3. The number of nitrogens with one attached hydrogen (secondary N) is 2. The molecule has 1 heterocycles. The van der Waals surface area contributed by atoms with E-state index in [0.717, 1.165) is 16.8 Å². The molecule has 0 fully saturated rings. The minimum atomic E-state index is -0.995. The van der Waals surface area contributed by atoms with Crippen LogP contribution < -0.4 is 10.1 Å².